The van der Waals surface area contributed by atoms with E-state index in [1.807, 2.05) is 13.0 Å². The molecule has 0 amide bonds. The zero-order valence-electron chi connectivity index (χ0n) is 9.97. The monoisotopic (exact) mass is 272 g/mol. The highest BCUT2D eigenvalue weighted by Gasteiger charge is 2.18. The Hall–Kier alpha value is -0.930. The van der Waals surface area contributed by atoms with Crippen molar-refractivity contribution in [2.24, 2.45) is 0 Å². The molecule has 2 aromatic rings. The van der Waals surface area contributed by atoms with Gasteiger partial charge in [0.15, 0.2) is 5.15 Å². The van der Waals surface area contributed by atoms with E-state index in [1.165, 1.54) is 0 Å². The molecule has 92 valence electrons. The van der Waals surface area contributed by atoms with E-state index in [4.69, 9.17) is 27.9 Å². The second-order valence-electron chi connectivity index (χ2n) is 4.13. The molecule has 0 radical (unpaired) electrons. The normalized spacial score (nSPS) is 11.4. The molecular weight excluding hydrogens is 259 g/mol. The second kappa shape index (κ2) is 4.75. The summed E-state index contributed by atoms with van der Waals surface area (Å²) >= 11 is 12.2. The van der Waals surface area contributed by atoms with Crippen molar-refractivity contribution >= 4 is 34.1 Å². The maximum atomic E-state index is 6.23. The smallest absolute Gasteiger partial charge is 0.160 e. The first kappa shape index (κ1) is 12.5. The molecule has 0 aliphatic carbocycles. The Balaban J connectivity index is 2.78. The predicted molar refractivity (Wildman–Crippen MR) is 71.4 cm³/mol. The summed E-state index contributed by atoms with van der Waals surface area (Å²) in [6, 6.07) is 1.90. The van der Waals surface area contributed by atoms with Gasteiger partial charge >= 0.3 is 0 Å². The lowest BCUT2D eigenvalue weighted by Gasteiger charge is -2.14. The topological polar surface area (TPSA) is 37.9 Å². The quantitative estimate of drug-likeness (QED) is 0.900. The van der Waals surface area contributed by atoms with Crippen LogP contribution >= 0.6 is 23.2 Å². The number of aromatic nitrogens is 2. The molecule has 0 aliphatic rings. The van der Waals surface area contributed by atoms with Crippen LogP contribution in [0.15, 0.2) is 6.07 Å². The summed E-state index contributed by atoms with van der Waals surface area (Å²) in [5.41, 5.74) is 1.83. The maximum Gasteiger partial charge on any atom is 0.160 e. The van der Waals surface area contributed by atoms with E-state index in [-0.39, 0.29) is 0 Å². The molecule has 5 heteroatoms. The number of H-pyrrole nitrogens is 1. The van der Waals surface area contributed by atoms with Crippen molar-refractivity contribution in [2.45, 2.75) is 26.7 Å². The Kier molecular flexibility index (Phi) is 3.50. The van der Waals surface area contributed by atoms with Crippen molar-refractivity contribution in [1.82, 2.24) is 10.2 Å². The van der Waals surface area contributed by atoms with E-state index in [1.54, 1.807) is 0 Å². The third kappa shape index (κ3) is 2.09. The molecule has 1 N–H and O–H groups in total. The van der Waals surface area contributed by atoms with Crippen molar-refractivity contribution in [3.05, 3.63) is 21.8 Å². The number of benzene rings is 1. The molecule has 0 unspecified atom stereocenters. The first-order valence-electron chi connectivity index (χ1n) is 5.55. The predicted octanol–water partition coefficient (Wildman–Crippen LogP) is 4.39. The van der Waals surface area contributed by atoms with Crippen molar-refractivity contribution in [3.8, 4) is 5.75 Å². The fraction of sp³-hybridized carbons (Fsp3) is 0.417. The fourth-order valence-electron chi connectivity index (χ4n) is 1.85. The Morgan fingerprint density at radius 3 is 2.71 bits per heavy atom. The zero-order valence-corrected chi connectivity index (χ0v) is 11.5. The number of rotatable bonds is 3. The Morgan fingerprint density at radius 1 is 1.41 bits per heavy atom. The molecule has 0 atom stereocenters. The van der Waals surface area contributed by atoms with E-state index in [0.717, 1.165) is 22.2 Å². The van der Waals surface area contributed by atoms with E-state index in [0.29, 0.717) is 22.7 Å². The number of hydrogen-bond acceptors (Lipinski definition) is 2. The standard InChI is InChI=1S/C12H14Cl2N2O/c1-4-17-11-7(6(2)3)5-8(13)9-10(11)15-16-12(9)14/h5-6H,4H2,1-3H3,(H,15,16). The van der Waals surface area contributed by atoms with Gasteiger partial charge in [0.2, 0.25) is 0 Å². The number of aromatic amines is 1. The third-order valence-electron chi connectivity index (χ3n) is 2.64. The molecule has 1 aromatic heterocycles. The van der Waals surface area contributed by atoms with Crippen LogP contribution in [0.1, 0.15) is 32.3 Å². The third-order valence-corrected chi connectivity index (χ3v) is 3.21. The minimum atomic E-state index is 0.320. The molecular formula is C12H14Cl2N2O. The lowest BCUT2D eigenvalue weighted by Crippen LogP contribution is -1.99. The van der Waals surface area contributed by atoms with Crippen molar-refractivity contribution < 1.29 is 4.74 Å². The number of fused-ring (bicyclic) bond motifs is 1. The summed E-state index contributed by atoms with van der Waals surface area (Å²) in [5.74, 6) is 1.11. The van der Waals surface area contributed by atoms with E-state index in [2.05, 4.69) is 24.0 Å². The molecule has 17 heavy (non-hydrogen) atoms. The highest BCUT2D eigenvalue weighted by Crippen LogP contribution is 2.40. The average molecular weight is 273 g/mol. The van der Waals surface area contributed by atoms with Gasteiger partial charge in [-0.1, -0.05) is 37.0 Å². The van der Waals surface area contributed by atoms with E-state index in [9.17, 15) is 0 Å². The Morgan fingerprint density at radius 2 is 2.12 bits per heavy atom. The van der Waals surface area contributed by atoms with Crippen molar-refractivity contribution in [2.75, 3.05) is 6.61 Å². The highest BCUT2D eigenvalue weighted by molar-refractivity contribution is 6.41. The number of ether oxygens (including phenoxy) is 1. The summed E-state index contributed by atoms with van der Waals surface area (Å²) in [5, 5.41) is 8.56. The van der Waals surface area contributed by atoms with Crippen molar-refractivity contribution in [1.29, 1.82) is 0 Å². The van der Waals surface area contributed by atoms with E-state index >= 15 is 0 Å². The number of nitrogens with zero attached hydrogens (tertiary/aromatic N) is 1. The van der Waals surface area contributed by atoms with Gasteiger partial charge in [0.05, 0.1) is 17.0 Å². The molecule has 2 rings (SSSR count). The molecule has 0 spiro atoms. The van der Waals surface area contributed by atoms with Crippen LogP contribution in [0.3, 0.4) is 0 Å². The van der Waals surface area contributed by atoms with Crippen LogP contribution in [0.4, 0.5) is 0 Å². The minimum absolute atomic E-state index is 0.320. The molecule has 1 aromatic carbocycles. The van der Waals surface area contributed by atoms with Crippen LogP contribution in [0.2, 0.25) is 10.2 Å². The highest BCUT2D eigenvalue weighted by atomic mass is 35.5. The van der Waals surface area contributed by atoms with E-state index < -0.39 is 0 Å². The first-order chi connectivity index (χ1) is 8.06. The molecule has 0 saturated heterocycles. The molecule has 0 saturated carbocycles. The Labute approximate surface area is 110 Å². The molecule has 0 fully saturated rings. The zero-order chi connectivity index (χ0) is 12.6. The van der Waals surface area contributed by atoms with Gasteiger partial charge in [-0.15, -0.1) is 0 Å². The van der Waals surface area contributed by atoms with Crippen LogP contribution in [0.5, 0.6) is 5.75 Å². The van der Waals surface area contributed by atoms with Crippen LogP contribution in [-0.2, 0) is 0 Å². The van der Waals surface area contributed by atoms with Gasteiger partial charge in [-0.25, -0.2) is 0 Å². The lowest BCUT2D eigenvalue weighted by molar-refractivity contribution is 0.338. The first-order valence-corrected chi connectivity index (χ1v) is 6.30. The van der Waals surface area contributed by atoms with Crippen molar-refractivity contribution in [3.63, 3.8) is 0 Å². The molecule has 1 heterocycles. The van der Waals surface area contributed by atoms with Crippen LogP contribution in [-0.4, -0.2) is 16.8 Å². The van der Waals surface area contributed by atoms with Crippen LogP contribution in [0.25, 0.3) is 10.9 Å². The summed E-state index contributed by atoms with van der Waals surface area (Å²) in [6.45, 7) is 6.73. The van der Waals surface area contributed by atoms with Gasteiger partial charge in [-0.3, -0.25) is 5.10 Å². The molecule has 0 bridgehead atoms. The molecule has 0 aliphatic heterocycles. The number of hydrogen-bond donors (Lipinski definition) is 1. The van der Waals surface area contributed by atoms with Gasteiger partial charge in [0.25, 0.3) is 0 Å². The maximum absolute atomic E-state index is 6.23. The second-order valence-corrected chi connectivity index (χ2v) is 4.89. The lowest BCUT2D eigenvalue weighted by atomic mass is 10.0. The van der Waals surface area contributed by atoms with Crippen LogP contribution in [0, 0.1) is 0 Å². The average Bonchev–Trinajstić information content (AvgIpc) is 2.65. The number of halogens is 2. The summed E-state index contributed by atoms with van der Waals surface area (Å²) in [7, 11) is 0. The van der Waals surface area contributed by atoms with Gasteiger partial charge in [-0.2, -0.15) is 5.10 Å². The van der Waals surface area contributed by atoms with Crippen LogP contribution < -0.4 is 4.74 Å². The molecule has 3 nitrogen and oxygen atoms in total. The number of nitrogens with one attached hydrogen (secondary N) is 1. The fourth-order valence-corrected chi connectivity index (χ4v) is 2.44. The largest absolute Gasteiger partial charge is 0.491 e. The SMILES string of the molecule is CCOc1c(C(C)C)cc(Cl)c2c(Cl)n[nH]c12. The van der Waals surface area contributed by atoms with Gasteiger partial charge < -0.3 is 4.74 Å². The summed E-state index contributed by atoms with van der Waals surface area (Å²) < 4.78 is 5.69. The summed E-state index contributed by atoms with van der Waals surface area (Å²) in [4.78, 5) is 0. The minimum Gasteiger partial charge on any atom is -0.491 e. The summed E-state index contributed by atoms with van der Waals surface area (Å²) in [6.07, 6.45) is 0. The van der Waals surface area contributed by atoms with Gasteiger partial charge in [0, 0.05) is 5.56 Å². The van der Waals surface area contributed by atoms with Gasteiger partial charge in [-0.05, 0) is 18.9 Å². The Bertz CT molecular complexity index is 549. The van der Waals surface area contributed by atoms with Gasteiger partial charge in [0.1, 0.15) is 11.3 Å².